The fraction of sp³-hybridized carbons (Fsp3) is 0.125. The number of nitriles is 2. The summed E-state index contributed by atoms with van der Waals surface area (Å²) in [7, 11) is 0. The zero-order valence-electron chi connectivity index (χ0n) is 12.8. The Bertz CT molecular complexity index is 980. The molecule has 0 bridgehead atoms. The van der Waals surface area contributed by atoms with Crippen LogP contribution in [0.5, 0.6) is 5.75 Å². The fourth-order valence-electron chi connectivity index (χ4n) is 2.15. The summed E-state index contributed by atoms with van der Waals surface area (Å²) in [5.41, 5.74) is 6.54. The van der Waals surface area contributed by atoms with Gasteiger partial charge in [-0.1, -0.05) is 0 Å². The van der Waals surface area contributed by atoms with Crippen molar-refractivity contribution in [1.82, 2.24) is 14.5 Å². The van der Waals surface area contributed by atoms with E-state index in [1.807, 2.05) is 17.5 Å². The average molecular weight is 354 g/mol. The molecule has 9 heteroatoms. The van der Waals surface area contributed by atoms with Crippen LogP contribution in [0.3, 0.4) is 0 Å². The van der Waals surface area contributed by atoms with E-state index in [9.17, 15) is 9.65 Å². The van der Waals surface area contributed by atoms with E-state index in [-0.39, 0.29) is 36.3 Å². The highest BCUT2D eigenvalue weighted by Gasteiger charge is 2.16. The van der Waals surface area contributed by atoms with Gasteiger partial charge < -0.3 is 10.5 Å². The summed E-state index contributed by atoms with van der Waals surface area (Å²) < 4.78 is 19.8. The van der Waals surface area contributed by atoms with Gasteiger partial charge in [0.25, 0.3) is 0 Å². The molecule has 3 rings (SSSR count). The first-order valence-electron chi connectivity index (χ1n) is 7.08. The second kappa shape index (κ2) is 6.99. The molecule has 2 aromatic heterocycles. The first kappa shape index (κ1) is 16.4. The lowest BCUT2D eigenvalue weighted by molar-refractivity contribution is 0.305. The molecule has 2 heterocycles. The Morgan fingerprint density at radius 1 is 1.20 bits per heavy atom. The van der Waals surface area contributed by atoms with Crippen molar-refractivity contribution in [3.05, 3.63) is 57.6 Å². The number of thiazole rings is 1. The third-order valence-electron chi connectivity index (χ3n) is 3.30. The average Bonchev–Trinajstić information content (AvgIpc) is 3.19. The number of anilines is 1. The Morgan fingerprint density at radius 2 is 1.96 bits per heavy atom. The number of ether oxygens (including phenoxy) is 1. The number of benzene rings is 1. The molecule has 0 fully saturated rings. The van der Waals surface area contributed by atoms with Crippen molar-refractivity contribution < 1.29 is 9.13 Å². The van der Waals surface area contributed by atoms with E-state index in [0.29, 0.717) is 11.4 Å². The Labute approximate surface area is 146 Å². The largest absolute Gasteiger partial charge is 0.486 e. The number of rotatable bonds is 5. The van der Waals surface area contributed by atoms with Gasteiger partial charge >= 0.3 is 0 Å². The van der Waals surface area contributed by atoms with Crippen LogP contribution in [0.4, 0.5) is 10.3 Å². The summed E-state index contributed by atoms with van der Waals surface area (Å²) >= 11 is 1.39. The van der Waals surface area contributed by atoms with Crippen LogP contribution < -0.4 is 10.5 Å². The molecule has 2 N–H and O–H groups in total. The summed E-state index contributed by atoms with van der Waals surface area (Å²) in [6.07, 6.45) is 0. The first-order valence-corrected chi connectivity index (χ1v) is 7.96. The highest BCUT2D eigenvalue weighted by molar-refractivity contribution is 7.09. The van der Waals surface area contributed by atoms with E-state index in [2.05, 4.69) is 9.97 Å². The van der Waals surface area contributed by atoms with E-state index in [4.69, 9.17) is 15.7 Å². The van der Waals surface area contributed by atoms with Gasteiger partial charge in [-0.25, -0.2) is 14.4 Å². The molecular formula is C16H11FN6OS. The molecule has 3 aromatic rings. The normalized spacial score (nSPS) is 10.2. The Kier molecular flexibility index (Phi) is 4.59. The van der Waals surface area contributed by atoms with Crippen molar-refractivity contribution >= 4 is 17.3 Å². The maximum absolute atomic E-state index is 12.9. The van der Waals surface area contributed by atoms with Gasteiger partial charge in [0, 0.05) is 5.38 Å². The molecule has 124 valence electrons. The zero-order chi connectivity index (χ0) is 17.8. The van der Waals surface area contributed by atoms with Gasteiger partial charge in [-0.2, -0.15) is 10.5 Å². The minimum absolute atomic E-state index is 0.00454. The second-order valence-electron chi connectivity index (χ2n) is 4.95. The van der Waals surface area contributed by atoms with Gasteiger partial charge in [-0.3, -0.25) is 4.57 Å². The van der Waals surface area contributed by atoms with Crippen molar-refractivity contribution in [1.29, 1.82) is 10.5 Å². The molecule has 0 unspecified atom stereocenters. The number of hydrogen-bond donors (Lipinski definition) is 1. The first-order chi connectivity index (χ1) is 12.1. The molecule has 0 amide bonds. The minimum atomic E-state index is -0.327. The standard InChI is InChI=1S/C16H11FN6OS/c17-10-1-3-12(4-2-10)24-8-15-21-11(9-25-15)7-23-14(6-19)13(5-18)22-16(23)20/h1-4,9H,7-8H2,(H2,20,22). The number of nitrogen functional groups attached to an aromatic ring is 1. The summed E-state index contributed by atoms with van der Waals surface area (Å²) in [5, 5.41) is 20.7. The maximum atomic E-state index is 12.9. The van der Waals surface area contributed by atoms with Crippen LogP contribution in [0.25, 0.3) is 0 Å². The molecule has 0 spiro atoms. The molecule has 0 radical (unpaired) electrons. The lowest BCUT2D eigenvalue weighted by Gasteiger charge is -2.04. The molecule has 1 aromatic carbocycles. The second-order valence-corrected chi connectivity index (χ2v) is 5.89. The zero-order valence-corrected chi connectivity index (χ0v) is 13.6. The van der Waals surface area contributed by atoms with E-state index in [1.54, 1.807) is 12.1 Å². The van der Waals surface area contributed by atoms with Crippen molar-refractivity contribution in [3.8, 4) is 17.9 Å². The molecule has 7 nitrogen and oxygen atoms in total. The van der Waals surface area contributed by atoms with E-state index < -0.39 is 0 Å². The minimum Gasteiger partial charge on any atom is -0.486 e. The summed E-state index contributed by atoms with van der Waals surface area (Å²) in [4.78, 5) is 8.28. The third kappa shape index (κ3) is 3.57. The van der Waals surface area contributed by atoms with Gasteiger partial charge in [0.2, 0.25) is 5.95 Å². The third-order valence-corrected chi connectivity index (χ3v) is 4.18. The van der Waals surface area contributed by atoms with Gasteiger partial charge in [0.15, 0.2) is 11.4 Å². The number of hydrogen-bond acceptors (Lipinski definition) is 7. The molecular weight excluding hydrogens is 343 g/mol. The van der Waals surface area contributed by atoms with Crippen molar-refractivity contribution in [3.63, 3.8) is 0 Å². The Balaban J connectivity index is 1.70. The maximum Gasteiger partial charge on any atom is 0.202 e. The Morgan fingerprint density at radius 3 is 2.64 bits per heavy atom. The van der Waals surface area contributed by atoms with Crippen LogP contribution in [0.15, 0.2) is 29.6 Å². The molecule has 0 saturated heterocycles. The molecule has 0 atom stereocenters. The summed E-state index contributed by atoms with van der Waals surface area (Å²) in [6, 6.07) is 9.50. The molecule has 0 aliphatic carbocycles. The predicted octanol–water partition coefficient (Wildman–Crippen LogP) is 2.43. The summed E-state index contributed by atoms with van der Waals surface area (Å²) in [6.45, 7) is 0.473. The van der Waals surface area contributed by atoms with Crippen LogP contribution >= 0.6 is 11.3 Å². The lowest BCUT2D eigenvalue weighted by Crippen LogP contribution is -2.07. The van der Waals surface area contributed by atoms with Crippen LogP contribution in [0.1, 0.15) is 22.1 Å². The highest BCUT2D eigenvalue weighted by atomic mass is 32.1. The van der Waals surface area contributed by atoms with Crippen LogP contribution in [-0.2, 0) is 13.2 Å². The van der Waals surface area contributed by atoms with Gasteiger partial charge in [-0.15, -0.1) is 11.3 Å². The number of nitrogens with two attached hydrogens (primary N) is 1. The fourth-order valence-corrected chi connectivity index (χ4v) is 2.84. The number of imidazole rings is 1. The number of halogens is 1. The number of aromatic nitrogens is 3. The molecule has 25 heavy (non-hydrogen) atoms. The van der Waals surface area contributed by atoms with E-state index in [1.165, 1.54) is 28.0 Å². The van der Waals surface area contributed by atoms with Crippen LogP contribution in [0, 0.1) is 28.5 Å². The highest BCUT2D eigenvalue weighted by Crippen LogP contribution is 2.19. The van der Waals surface area contributed by atoms with E-state index >= 15 is 0 Å². The van der Waals surface area contributed by atoms with Gasteiger partial charge in [0.1, 0.15) is 35.3 Å². The smallest absolute Gasteiger partial charge is 0.202 e. The van der Waals surface area contributed by atoms with Crippen LogP contribution in [-0.4, -0.2) is 14.5 Å². The van der Waals surface area contributed by atoms with Gasteiger partial charge in [0.05, 0.1) is 12.2 Å². The van der Waals surface area contributed by atoms with Crippen molar-refractivity contribution in [2.45, 2.75) is 13.2 Å². The predicted molar refractivity (Wildman–Crippen MR) is 88.0 cm³/mol. The molecule has 0 saturated carbocycles. The monoisotopic (exact) mass is 354 g/mol. The Hall–Kier alpha value is -3.43. The van der Waals surface area contributed by atoms with E-state index in [0.717, 1.165) is 5.01 Å². The summed E-state index contributed by atoms with van der Waals surface area (Å²) in [5.74, 6) is 0.305. The molecule has 0 aliphatic heterocycles. The topological polar surface area (TPSA) is 114 Å². The SMILES string of the molecule is N#Cc1nc(N)n(Cc2csc(COc3ccc(F)cc3)n2)c1C#N. The molecule has 0 aliphatic rings. The van der Waals surface area contributed by atoms with Gasteiger partial charge in [-0.05, 0) is 24.3 Å². The quantitative estimate of drug-likeness (QED) is 0.753. The van der Waals surface area contributed by atoms with Crippen molar-refractivity contribution in [2.75, 3.05) is 5.73 Å². The van der Waals surface area contributed by atoms with Crippen LogP contribution in [0.2, 0.25) is 0 Å². The number of nitrogens with zero attached hydrogens (tertiary/aromatic N) is 5. The van der Waals surface area contributed by atoms with Crippen molar-refractivity contribution in [2.24, 2.45) is 0 Å². The lowest BCUT2D eigenvalue weighted by atomic mass is 10.3.